The molecule has 0 N–H and O–H groups in total. The van der Waals surface area contributed by atoms with Gasteiger partial charge in [0.15, 0.2) is 0 Å². The molecule has 3 heterocycles. The highest BCUT2D eigenvalue weighted by Crippen LogP contribution is 2.58. The summed E-state index contributed by atoms with van der Waals surface area (Å²) in [7, 11) is 0. The Morgan fingerprint density at radius 1 is 0.366 bits per heavy atom. The van der Waals surface area contributed by atoms with Crippen molar-refractivity contribution in [2.24, 2.45) is 0 Å². The molecule has 14 aromatic rings. The summed E-state index contributed by atoms with van der Waals surface area (Å²) in [5, 5.41) is 6.66. The van der Waals surface area contributed by atoms with Crippen molar-refractivity contribution in [3.8, 4) is 33.4 Å². The number of rotatable bonds is 7. The van der Waals surface area contributed by atoms with E-state index in [2.05, 4.69) is 248 Å². The van der Waals surface area contributed by atoms with Gasteiger partial charge in [-0.25, -0.2) is 0 Å². The van der Waals surface area contributed by atoms with Crippen LogP contribution in [0.15, 0.2) is 258 Å². The molecule has 0 amide bonds. The number of hydrogen-bond donors (Lipinski definition) is 0. The molecule has 0 atom stereocenters. The first-order chi connectivity index (χ1) is 35.2. The lowest BCUT2D eigenvalue weighted by Crippen LogP contribution is -2.28. The van der Waals surface area contributed by atoms with Gasteiger partial charge in [0, 0.05) is 60.0 Å². The zero-order valence-corrected chi connectivity index (χ0v) is 39.2. The molecule has 1 aliphatic rings. The van der Waals surface area contributed by atoms with E-state index < -0.39 is 5.41 Å². The minimum Gasteiger partial charge on any atom is -0.456 e. The van der Waals surface area contributed by atoms with Crippen molar-refractivity contribution >= 4 is 92.4 Å². The summed E-state index contributed by atoms with van der Waals surface area (Å²) in [4.78, 5) is 2.40. The normalized spacial score (nSPS) is 12.9. The number of anilines is 3. The molecule has 4 heteroatoms. The van der Waals surface area contributed by atoms with Crippen LogP contribution in [0.5, 0.6) is 0 Å². The van der Waals surface area contributed by atoms with Gasteiger partial charge in [-0.2, -0.15) is 0 Å². The minimum absolute atomic E-state index is 0.558. The molecule has 0 bridgehead atoms. The molecule has 0 spiro atoms. The third-order valence-electron chi connectivity index (χ3n) is 14.9. The molecule has 0 saturated heterocycles. The second-order valence-corrected chi connectivity index (χ2v) is 19.7. The van der Waals surface area contributed by atoms with Crippen LogP contribution in [0.2, 0.25) is 0 Å². The average molecular weight is 924 g/mol. The molecule has 0 saturated carbocycles. The molecule has 0 radical (unpaired) electrons. The number of furan rings is 2. The first-order valence-corrected chi connectivity index (χ1v) is 25.0. The molecule has 3 aromatic heterocycles. The highest BCUT2D eigenvalue weighted by atomic mass is 32.1. The van der Waals surface area contributed by atoms with Crippen LogP contribution in [-0.2, 0) is 5.41 Å². The summed E-state index contributed by atoms with van der Waals surface area (Å²) in [6, 6.07) is 90.3. The maximum atomic E-state index is 7.39. The van der Waals surface area contributed by atoms with E-state index in [9.17, 15) is 0 Å². The fourth-order valence-electron chi connectivity index (χ4n) is 11.9. The summed E-state index contributed by atoms with van der Waals surface area (Å²) in [5.74, 6) is 0. The van der Waals surface area contributed by atoms with Gasteiger partial charge in [-0.05, 0) is 105 Å². The molecule has 0 unspecified atom stereocenters. The molecule has 3 nitrogen and oxygen atoms in total. The monoisotopic (exact) mass is 923 g/mol. The molecule has 1 aliphatic carbocycles. The second-order valence-electron chi connectivity index (χ2n) is 18.7. The Morgan fingerprint density at radius 2 is 1.03 bits per heavy atom. The van der Waals surface area contributed by atoms with Crippen LogP contribution in [0.25, 0.3) is 97.4 Å². The molecule has 15 rings (SSSR count). The van der Waals surface area contributed by atoms with Crippen LogP contribution < -0.4 is 4.90 Å². The van der Waals surface area contributed by atoms with Crippen molar-refractivity contribution in [2.75, 3.05) is 4.90 Å². The average Bonchev–Trinajstić information content (AvgIpc) is 4.19. The molecule has 0 fully saturated rings. The van der Waals surface area contributed by atoms with E-state index in [4.69, 9.17) is 8.83 Å². The largest absolute Gasteiger partial charge is 0.456 e. The van der Waals surface area contributed by atoms with Gasteiger partial charge in [-0.1, -0.05) is 188 Å². The van der Waals surface area contributed by atoms with Crippen molar-refractivity contribution in [1.82, 2.24) is 0 Å². The van der Waals surface area contributed by atoms with Crippen LogP contribution in [-0.4, -0.2) is 0 Å². The molecule has 11 aromatic carbocycles. The Morgan fingerprint density at radius 3 is 1.86 bits per heavy atom. The molecule has 0 aliphatic heterocycles. The van der Waals surface area contributed by atoms with Crippen LogP contribution >= 0.6 is 11.3 Å². The van der Waals surface area contributed by atoms with E-state index in [1.54, 1.807) is 0 Å². The number of hydrogen-bond acceptors (Lipinski definition) is 4. The van der Waals surface area contributed by atoms with E-state index in [-0.39, 0.29) is 0 Å². The van der Waals surface area contributed by atoms with Crippen molar-refractivity contribution in [2.45, 2.75) is 5.41 Å². The van der Waals surface area contributed by atoms with Crippen LogP contribution in [0.3, 0.4) is 0 Å². The Balaban J connectivity index is 0.990. The topological polar surface area (TPSA) is 29.5 Å². The van der Waals surface area contributed by atoms with Crippen molar-refractivity contribution in [1.29, 1.82) is 0 Å². The van der Waals surface area contributed by atoms with Crippen molar-refractivity contribution in [3.63, 3.8) is 0 Å². The lowest BCUT2D eigenvalue weighted by atomic mass is 9.67. The predicted octanol–water partition coefficient (Wildman–Crippen LogP) is 19.0. The maximum Gasteiger partial charge on any atom is 0.144 e. The first-order valence-electron chi connectivity index (χ1n) is 24.2. The second kappa shape index (κ2) is 15.5. The van der Waals surface area contributed by atoms with Gasteiger partial charge >= 0.3 is 0 Å². The zero-order valence-electron chi connectivity index (χ0n) is 38.3. The summed E-state index contributed by atoms with van der Waals surface area (Å²) in [6.45, 7) is 0. The SMILES string of the molecule is c1ccc(-c2cccc(N(c3ccc4c(c3)oc3c(-c5ccc6c(c5)C(c5ccccc5)(c5ccccc5)c5ccccc5-6)c5c(cc34)oc3ccccc35)c3cccc4c3sc3ccccc34)c2)cc1. The van der Waals surface area contributed by atoms with Crippen LogP contribution in [0.1, 0.15) is 22.3 Å². The van der Waals surface area contributed by atoms with Gasteiger partial charge in [0.25, 0.3) is 0 Å². The Kier molecular flexibility index (Phi) is 8.74. The summed E-state index contributed by atoms with van der Waals surface area (Å²) in [5.41, 5.74) is 17.8. The van der Waals surface area contributed by atoms with E-state index in [0.29, 0.717) is 0 Å². The van der Waals surface area contributed by atoms with Gasteiger partial charge < -0.3 is 13.7 Å². The molecule has 71 heavy (non-hydrogen) atoms. The standard InChI is InChI=1S/C67H41NO2S/c1-4-18-42(19-5-1)43-20-16-25-47(38-43)68(58-31-17-29-53-52-27-12-15-33-62(52)71-66(53)58)48-35-37-51-55-41-61-64(54-28-11-14-32-59(54)69-61)63(65(55)70-60(51)40-48)44-34-36-50-49-26-10-13-30-56(49)67(57(50)39-44,45-21-6-2-7-22-45)46-23-8-3-9-24-46/h1-41H. The van der Waals surface area contributed by atoms with E-state index in [1.807, 2.05) is 17.4 Å². The van der Waals surface area contributed by atoms with Crippen molar-refractivity contribution in [3.05, 3.63) is 271 Å². The van der Waals surface area contributed by atoms with Crippen LogP contribution in [0, 0.1) is 0 Å². The number of para-hydroxylation sites is 1. The lowest BCUT2D eigenvalue weighted by Gasteiger charge is -2.34. The third kappa shape index (κ3) is 5.89. The van der Waals surface area contributed by atoms with E-state index in [1.165, 1.54) is 59.1 Å². The smallest absolute Gasteiger partial charge is 0.144 e. The van der Waals surface area contributed by atoms with E-state index >= 15 is 0 Å². The first kappa shape index (κ1) is 40.0. The molecular formula is C67H41NO2S. The highest BCUT2D eigenvalue weighted by Gasteiger charge is 2.46. The lowest BCUT2D eigenvalue weighted by molar-refractivity contribution is 0.664. The maximum absolute atomic E-state index is 7.39. The van der Waals surface area contributed by atoms with E-state index in [0.717, 1.165) is 77.6 Å². The zero-order chi connectivity index (χ0) is 46.6. The van der Waals surface area contributed by atoms with Crippen LogP contribution in [0.4, 0.5) is 17.1 Å². The van der Waals surface area contributed by atoms with Gasteiger partial charge in [0.1, 0.15) is 22.3 Å². The molecular weight excluding hydrogens is 883 g/mol. The van der Waals surface area contributed by atoms with Gasteiger partial charge in [-0.3, -0.25) is 0 Å². The Hall–Kier alpha value is -8.96. The number of benzene rings is 11. The quantitative estimate of drug-likeness (QED) is 0.160. The minimum atomic E-state index is -0.558. The number of nitrogens with zero attached hydrogens (tertiary/aromatic N) is 1. The van der Waals surface area contributed by atoms with Crippen molar-refractivity contribution < 1.29 is 8.83 Å². The van der Waals surface area contributed by atoms with Gasteiger partial charge in [0.2, 0.25) is 0 Å². The Bertz CT molecular complexity index is 4370. The summed E-state index contributed by atoms with van der Waals surface area (Å²) >= 11 is 1.84. The fraction of sp³-hybridized carbons (Fsp3) is 0.0149. The number of fused-ring (bicyclic) bond motifs is 12. The summed E-state index contributed by atoms with van der Waals surface area (Å²) in [6.07, 6.45) is 0. The van der Waals surface area contributed by atoms with Gasteiger partial charge in [-0.15, -0.1) is 11.3 Å². The van der Waals surface area contributed by atoms with Gasteiger partial charge in [0.05, 0.1) is 15.8 Å². The fourth-order valence-corrected chi connectivity index (χ4v) is 13.1. The predicted molar refractivity (Wildman–Crippen MR) is 297 cm³/mol. The molecule has 332 valence electrons. The third-order valence-corrected chi connectivity index (χ3v) is 16.1. The highest BCUT2D eigenvalue weighted by molar-refractivity contribution is 7.26. The summed E-state index contributed by atoms with van der Waals surface area (Å²) < 4.78 is 16.7. The Labute approximate surface area is 413 Å². The number of thiophene rings is 1.